The molecule has 0 bridgehead atoms. The molecule has 1 fully saturated rings. The average molecular weight is 467 g/mol. The fourth-order valence-electron chi connectivity index (χ4n) is 4.28. The van der Waals surface area contributed by atoms with Gasteiger partial charge in [0.15, 0.2) is 5.65 Å². The van der Waals surface area contributed by atoms with Crippen molar-refractivity contribution in [1.82, 2.24) is 19.4 Å². The Labute approximate surface area is 197 Å². The Bertz CT molecular complexity index is 1180. The zero-order valence-electron chi connectivity index (χ0n) is 19.2. The number of nitrogen functional groups attached to an aromatic ring is 1. The quantitative estimate of drug-likeness (QED) is 0.342. The number of hydrogen-bond donors (Lipinski definition) is 3. The molecule has 10 heteroatoms. The Kier molecular flexibility index (Phi) is 7.39. The number of anilines is 2. The molecule has 1 atom stereocenters. The minimum Gasteiger partial charge on any atom is -0.399 e. The van der Waals surface area contributed by atoms with Gasteiger partial charge >= 0.3 is 0 Å². The number of rotatable bonds is 8. The molecule has 1 saturated heterocycles. The van der Waals surface area contributed by atoms with Crippen molar-refractivity contribution >= 4 is 34.6 Å². The molecule has 3 heterocycles. The van der Waals surface area contributed by atoms with Crippen LogP contribution in [0.2, 0.25) is 0 Å². The van der Waals surface area contributed by atoms with Gasteiger partial charge in [-0.1, -0.05) is 6.07 Å². The Morgan fingerprint density at radius 2 is 2.12 bits per heavy atom. The van der Waals surface area contributed by atoms with E-state index in [1.165, 1.54) is 6.20 Å². The van der Waals surface area contributed by atoms with E-state index in [2.05, 4.69) is 15.3 Å². The van der Waals surface area contributed by atoms with Gasteiger partial charge in [-0.25, -0.2) is 9.97 Å². The predicted molar refractivity (Wildman–Crippen MR) is 129 cm³/mol. The highest BCUT2D eigenvalue weighted by atomic mass is 16.5. The first-order valence-corrected chi connectivity index (χ1v) is 11.5. The molecule has 2 amide bonds. The second kappa shape index (κ2) is 10.6. The Morgan fingerprint density at radius 1 is 1.26 bits per heavy atom. The van der Waals surface area contributed by atoms with Crippen molar-refractivity contribution in [2.45, 2.75) is 38.3 Å². The van der Waals surface area contributed by atoms with Gasteiger partial charge in [-0.05, 0) is 49.9 Å². The first-order valence-electron chi connectivity index (χ1n) is 11.5. The molecular weight excluding hydrogens is 436 g/mol. The van der Waals surface area contributed by atoms with Crippen LogP contribution in [0.1, 0.15) is 46.4 Å². The number of aromatic nitrogens is 3. The summed E-state index contributed by atoms with van der Waals surface area (Å²) in [4.78, 5) is 36.8. The smallest absolute Gasteiger partial charge is 0.258 e. The lowest BCUT2D eigenvalue weighted by Crippen LogP contribution is -2.45. The van der Waals surface area contributed by atoms with Gasteiger partial charge in [0.2, 0.25) is 5.95 Å². The summed E-state index contributed by atoms with van der Waals surface area (Å²) < 4.78 is 6.98. The first kappa shape index (κ1) is 23.7. The number of nitrogens with two attached hydrogens (primary N) is 1. The Morgan fingerprint density at radius 3 is 2.88 bits per heavy atom. The topological polar surface area (TPSA) is 136 Å². The van der Waals surface area contributed by atoms with Gasteiger partial charge in [-0.2, -0.15) is 0 Å². The van der Waals surface area contributed by atoms with E-state index in [0.717, 1.165) is 19.3 Å². The summed E-state index contributed by atoms with van der Waals surface area (Å²) in [7, 11) is 1.63. The number of fused-ring (bicyclic) bond motifs is 1. The van der Waals surface area contributed by atoms with Crippen molar-refractivity contribution < 1.29 is 19.4 Å². The highest BCUT2D eigenvalue weighted by Gasteiger charge is 2.28. The highest BCUT2D eigenvalue weighted by molar-refractivity contribution is 6.04. The third-order valence-electron chi connectivity index (χ3n) is 6.03. The summed E-state index contributed by atoms with van der Waals surface area (Å²) in [5.74, 6) is -0.180. The van der Waals surface area contributed by atoms with Crippen LogP contribution in [0, 0.1) is 0 Å². The molecule has 1 aliphatic rings. The van der Waals surface area contributed by atoms with Crippen molar-refractivity contribution in [2.75, 3.05) is 37.9 Å². The third kappa shape index (κ3) is 5.02. The second-order valence-electron chi connectivity index (χ2n) is 8.41. The van der Waals surface area contributed by atoms with Gasteiger partial charge in [0, 0.05) is 44.3 Å². The van der Waals surface area contributed by atoms with Crippen molar-refractivity contribution in [3.8, 4) is 0 Å². The number of likely N-dealkylation sites (tertiary alicyclic amines) is 1. The van der Waals surface area contributed by atoms with E-state index >= 15 is 0 Å². The van der Waals surface area contributed by atoms with E-state index < -0.39 is 0 Å². The number of hydrogen-bond acceptors (Lipinski definition) is 7. The van der Waals surface area contributed by atoms with Crippen molar-refractivity contribution in [2.24, 2.45) is 0 Å². The zero-order valence-corrected chi connectivity index (χ0v) is 19.2. The second-order valence-corrected chi connectivity index (χ2v) is 8.41. The number of benzene rings is 1. The fraction of sp³-hybridized carbons (Fsp3) is 0.417. The highest BCUT2D eigenvalue weighted by Crippen LogP contribution is 2.23. The summed E-state index contributed by atoms with van der Waals surface area (Å²) in [5.41, 5.74) is 8.19. The first-order chi connectivity index (χ1) is 16.5. The number of methoxy groups -OCH3 is 1. The monoisotopic (exact) mass is 466 g/mol. The number of ether oxygens (including phenoxy) is 1. The van der Waals surface area contributed by atoms with Crippen LogP contribution in [0.5, 0.6) is 0 Å². The minimum atomic E-state index is -0.342. The summed E-state index contributed by atoms with van der Waals surface area (Å²) in [6.45, 7) is 1.61. The largest absolute Gasteiger partial charge is 0.399 e. The molecular formula is C24H30N6O4. The number of imidazole rings is 1. The molecule has 1 aromatic carbocycles. The lowest BCUT2D eigenvalue weighted by atomic mass is 10.0. The number of aryl methyl sites for hydroxylation is 1. The molecule has 34 heavy (non-hydrogen) atoms. The van der Waals surface area contributed by atoms with E-state index in [9.17, 15) is 14.7 Å². The molecule has 180 valence electrons. The molecule has 0 saturated carbocycles. The standard InChI is InChI=1S/C24H30N6O4/c1-34-11-5-10-30-21-20(27-24(30)28-22(32)16-6-4-7-18(25)12-16)13-17(14-26-21)23(33)29-9-3-2-8-19(29)15-31/h4,6-7,12-14,19,31H,2-3,5,8-11,15,25H2,1H3,(H,27,28,32). The van der Waals surface area contributed by atoms with Crippen LogP contribution in [0.15, 0.2) is 36.5 Å². The molecule has 0 spiro atoms. The van der Waals surface area contributed by atoms with Crippen molar-refractivity contribution in [3.63, 3.8) is 0 Å². The zero-order chi connectivity index (χ0) is 24.1. The van der Waals surface area contributed by atoms with Gasteiger partial charge in [0.05, 0.1) is 18.2 Å². The summed E-state index contributed by atoms with van der Waals surface area (Å²) in [6.07, 6.45) is 4.91. The number of nitrogens with zero attached hydrogens (tertiary/aromatic N) is 4. The van der Waals surface area contributed by atoms with Gasteiger partial charge in [0.25, 0.3) is 11.8 Å². The van der Waals surface area contributed by atoms with Gasteiger partial charge < -0.3 is 20.5 Å². The summed E-state index contributed by atoms with van der Waals surface area (Å²) in [6, 6.07) is 8.20. The predicted octanol–water partition coefficient (Wildman–Crippen LogP) is 2.29. The number of aliphatic hydroxyl groups is 1. The number of aliphatic hydroxyl groups excluding tert-OH is 1. The number of carbonyl (C=O) groups is 2. The molecule has 10 nitrogen and oxygen atoms in total. The lowest BCUT2D eigenvalue weighted by Gasteiger charge is -2.34. The van der Waals surface area contributed by atoms with Crippen LogP contribution in [0.3, 0.4) is 0 Å². The maximum Gasteiger partial charge on any atom is 0.258 e. The van der Waals surface area contributed by atoms with E-state index in [1.54, 1.807) is 42.3 Å². The lowest BCUT2D eigenvalue weighted by molar-refractivity contribution is 0.0502. The molecule has 4 rings (SSSR count). The maximum absolute atomic E-state index is 13.2. The average Bonchev–Trinajstić information content (AvgIpc) is 3.19. The number of piperidine rings is 1. The molecule has 1 unspecified atom stereocenters. The van der Waals surface area contributed by atoms with Gasteiger partial charge in [-0.3, -0.25) is 19.5 Å². The van der Waals surface area contributed by atoms with Crippen LogP contribution in [0.25, 0.3) is 11.2 Å². The summed E-state index contributed by atoms with van der Waals surface area (Å²) in [5, 5.41) is 12.5. The molecule has 3 aromatic rings. The van der Waals surface area contributed by atoms with Crippen LogP contribution in [-0.2, 0) is 11.3 Å². The Hall–Kier alpha value is -3.50. The molecule has 0 radical (unpaired) electrons. The summed E-state index contributed by atoms with van der Waals surface area (Å²) >= 11 is 0. The van der Waals surface area contributed by atoms with Gasteiger partial charge in [0.1, 0.15) is 5.52 Å². The van der Waals surface area contributed by atoms with Crippen molar-refractivity contribution in [3.05, 3.63) is 47.7 Å². The van der Waals surface area contributed by atoms with Crippen LogP contribution in [0.4, 0.5) is 11.6 Å². The minimum absolute atomic E-state index is 0.0598. The fourth-order valence-corrected chi connectivity index (χ4v) is 4.28. The number of nitrogens with one attached hydrogen (secondary N) is 1. The van der Waals surface area contributed by atoms with E-state index in [4.69, 9.17) is 10.5 Å². The SMILES string of the molecule is COCCCn1c(NC(=O)c2cccc(N)c2)nc2cc(C(=O)N3CCCCC3CO)cnc21. The van der Waals surface area contributed by atoms with Crippen LogP contribution >= 0.6 is 0 Å². The normalized spacial score (nSPS) is 16.1. The van der Waals surface area contributed by atoms with E-state index in [0.29, 0.717) is 60.0 Å². The third-order valence-corrected chi connectivity index (χ3v) is 6.03. The number of pyridine rings is 1. The van der Waals surface area contributed by atoms with Crippen molar-refractivity contribution in [1.29, 1.82) is 0 Å². The van der Waals surface area contributed by atoms with Crippen LogP contribution in [-0.4, -0.2) is 69.3 Å². The number of amides is 2. The van der Waals surface area contributed by atoms with E-state index in [1.807, 2.05) is 4.57 Å². The molecule has 4 N–H and O–H groups in total. The molecule has 0 aliphatic carbocycles. The number of carbonyl (C=O) groups excluding carboxylic acids is 2. The molecule has 1 aliphatic heterocycles. The Balaban J connectivity index is 1.65. The van der Waals surface area contributed by atoms with Crippen LogP contribution < -0.4 is 11.1 Å². The van der Waals surface area contributed by atoms with E-state index in [-0.39, 0.29) is 24.5 Å². The van der Waals surface area contributed by atoms with Gasteiger partial charge in [-0.15, -0.1) is 0 Å². The maximum atomic E-state index is 13.2. The molecule has 2 aromatic heterocycles.